The fourth-order valence-electron chi connectivity index (χ4n) is 1.90. The maximum atomic E-state index is 11.9. The van der Waals surface area contributed by atoms with Crippen molar-refractivity contribution in [1.82, 2.24) is 0 Å². The van der Waals surface area contributed by atoms with E-state index in [4.69, 9.17) is 5.11 Å². The fourth-order valence-corrected chi connectivity index (χ4v) is 5.06. The quantitative estimate of drug-likeness (QED) is 0.910. The van der Waals surface area contributed by atoms with E-state index in [1.807, 2.05) is 24.3 Å². The van der Waals surface area contributed by atoms with Crippen LogP contribution >= 0.6 is 11.8 Å². The maximum absolute atomic E-state index is 11.9. The summed E-state index contributed by atoms with van der Waals surface area (Å²) in [7, 11) is -3.58. The van der Waals surface area contributed by atoms with E-state index in [-0.39, 0.29) is 11.0 Å². The molecule has 6 heteroatoms. The molecular formula is C12H14O4S2. The lowest BCUT2D eigenvalue weighted by Gasteiger charge is -2.12. The van der Waals surface area contributed by atoms with Gasteiger partial charge in [-0.05, 0) is 25.0 Å². The van der Waals surface area contributed by atoms with E-state index in [0.717, 1.165) is 10.5 Å². The number of hydrogen-bond donors (Lipinski definition) is 1. The highest BCUT2D eigenvalue weighted by atomic mass is 32.2. The Hall–Kier alpha value is -1.01. The van der Waals surface area contributed by atoms with E-state index in [0.29, 0.717) is 6.42 Å². The molecule has 1 aromatic rings. The summed E-state index contributed by atoms with van der Waals surface area (Å²) in [6.45, 7) is 1.23. The van der Waals surface area contributed by atoms with Crippen LogP contribution in [0.2, 0.25) is 0 Å². The van der Waals surface area contributed by atoms with Gasteiger partial charge in [0.05, 0.1) is 5.75 Å². The molecule has 2 atom stereocenters. The molecule has 1 aliphatic heterocycles. The predicted molar refractivity (Wildman–Crippen MR) is 70.7 cm³/mol. The molecule has 18 heavy (non-hydrogen) atoms. The normalized spacial score (nSPS) is 20.4. The summed E-state index contributed by atoms with van der Waals surface area (Å²) in [5.41, 5.74) is 1.14. The molecule has 0 spiro atoms. The molecule has 0 saturated heterocycles. The second-order valence-electron chi connectivity index (χ2n) is 4.36. The van der Waals surface area contributed by atoms with Gasteiger partial charge in [0.15, 0.2) is 15.1 Å². The third-order valence-electron chi connectivity index (χ3n) is 3.02. The molecule has 4 nitrogen and oxygen atoms in total. The molecule has 1 heterocycles. The Morgan fingerprint density at radius 2 is 2.17 bits per heavy atom. The molecule has 1 aromatic carbocycles. The van der Waals surface area contributed by atoms with Gasteiger partial charge in [-0.25, -0.2) is 8.42 Å². The van der Waals surface area contributed by atoms with Gasteiger partial charge in [-0.3, -0.25) is 4.79 Å². The average Bonchev–Trinajstić information content (AvgIpc) is 2.68. The van der Waals surface area contributed by atoms with Crippen molar-refractivity contribution in [3.63, 3.8) is 0 Å². The number of hydrogen-bond acceptors (Lipinski definition) is 4. The molecule has 0 radical (unpaired) electrons. The molecule has 0 amide bonds. The number of aliphatic carboxylic acids is 1. The van der Waals surface area contributed by atoms with Crippen LogP contribution in [0.1, 0.15) is 12.5 Å². The molecule has 1 aliphatic rings. The fraction of sp³-hybridized carbons (Fsp3) is 0.417. The number of thioether (sulfide) groups is 1. The number of benzene rings is 1. The van der Waals surface area contributed by atoms with Crippen LogP contribution < -0.4 is 0 Å². The summed E-state index contributed by atoms with van der Waals surface area (Å²) in [5.74, 6) is -1.37. The van der Waals surface area contributed by atoms with Crippen LogP contribution in [0.4, 0.5) is 0 Å². The van der Waals surface area contributed by atoms with Crippen LogP contribution in [0, 0.1) is 0 Å². The largest absolute Gasteiger partial charge is 0.480 e. The zero-order chi connectivity index (χ0) is 13.3. The summed E-state index contributed by atoms with van der Waals surface area (Å²) in [6.07, 6.45) is 0.687. The number of carboxylic acids is 1. The second-order valence-corrected chi connectivity index (χ2v) is 8.07. The van der Waals surface area contributed by atoms with E-state index in [2.05, 4.69) is 0 Å². The van der Waals surface area contributed by atoms with Crippen LogP contribution in [-0.2, 0) is 21.1 Å². The minimum Gasteiger partial charge on any atom is -0.480 e. The molecule has 0 aromatic heterocycles. The number of sulfone groups is 1. The standard InChI is InChI=1S/C12H14O4S2/c1-8(12(13)14)18(15,16)7-10-6-9-4-2-3-5-11(9)17-10/h2-5,8,10H,6-7H2,1H3,(H,13,14). The van der Waals surface area contributed by atoms with E-state index >= 15 is 0 Å². The summed E-state index contributed by atoms with van der Waals surface area (Å²) in [5, 5.41) is 7.37. The Kier molecular flexibility index (Phi) is 3.68. The van der Waals surface area contributed by atoms with E-state index in [1.165, 1.54) is 18.7 Å². The molecule has 0 bridgehead atoms. The Morgan fingerprint density at radius 3 is 2.78 bits per heavy atom. The third kappa shape index (κ3) is 2.70. The van der Waals surface area contributed by atoms with Gasteiger partial charge in [0, 0.05) is 10.1 Å². The summed E-state index contributed by atoms with van der Waals surface area (Å²) in [6, 6.07) is 7.79. The van der Waals surface area contributed by atoms with Gasteiger partial charge in [0.1, 0.15) is 0 Å². The molecule has 2 rings (SSSR count). The highest BCUT2D eigenvalue weighted by Crippen LogP contribution is 2.37. The van der Waals surface area contributed by atoms with E-state index in [9.17, 15) is 13.2 Å². The summed E-state index contributed by atoms with van der Waals surface area (Å²) >= 11 is 1.52. The monoisotopic (exact) mass is 286 g/mol. The van der Waals surface area contributed by atoms with Crippen LogP contribution in [0.5, 0.6) is 0 Å². The van der Waals surface area contributed by atoms with Crippen molar-refractivity contribution in [1.29, 1.82) is 0 Å². The first kappa shape index (κ1) is 13.4. The second kappa shape index (κ2) is 4.93. The number of carboxylic acid groups (broad SMARTS) is 1. The van der Waals surface area contributed by atoms with Crippen molar-refractivity contribution < 1.29 is 18.3 Å². The summed E-state index contributed by atoms with van der Waals surface area (Å²) < 4.78 is 23.8. The van der Waals surface area contributed by atoms with Gasteiger partial charge in [-0.15, -0.1) is 11.8 Å². The molecule has 2 unspecified atom stereocenters. The predicted octanol–water partition coefficient (Wildman–Crippen LogP) is 1.59. The smallest absolute Gasteiger partial charge is 0.321 e. The van der Waals surface area contributed by atoms with Gasteiger partial charge in [0.25, 0.3) is 0 Å². The van der Waals surface area contributed by atoms with Crippen molar-refractivity contribution in [3.05, 3.63) is 29.8 Å². The zero-order valence-electron chi connectivity index (χ0n) is 9.87. The Bertz CT molecular complexity index is 540. The van der Waals surface area contributed by atoms with Crippen LogP contribution in [0.3, 0.4) is 0 Å². The lowest BCUT2D eigenvalue weighted by molar-refractivity contribution is -0.136. The third-order valence-corrected chi connectivity index (χ3v) is 6.69. The van der Waals surface area contributed by atoms with Gasteiger partial charge < -0.3 is 5.11 Å². The topological polar surface area (TPSA) is 71.4 Å². The highest BCUT2D eigenvalue weighted by Gasteiger charge is 2.33. The van der Waals surface area contributed by atoms with Crippen LogP contribution in [0.25, 0.3) is 0 Å². The van der Waals surface area contributed by atoms with Crippen molar-refractivity contribution in [2.24, 2.45) is 0 Å². The average molecular weight is 286 g/mol. The minimum atomic E-state index is -3.58. The Morgan fingerprint density at radius 1 is 1.50 bits per heavy atom. The lowest BCUT2D eigenvalue weighted by atomic mass is 10.1. The van der Waals surface area contributed by atoms with E-state index in [1.54, 1.807) is 0 Å². The summed E-state index contributed by atoms with van der Waals surface area (Å²) in [4.78, 5) is 11.8. The Labute approximate surface area is 110 Å². The SMILES string of the molecule is CC(C(=O)O)S(=O)(=O)CC1Cc2ccccc2S1. The van der Waals surface area contributed by atoms with Gasteiger partial charge >= 0.3 is 5.97 Å². The van der Waals surface area contributed by atoms with Crippen molar-refractivity contribution in [2.45, 2.75) is 28.7 Å². The van der Waals surface area contributed by atoms with Crippen molar-refractivity contribution in [3.8, 4) is 0 Å². The number of carbonyl (C=O) groups is 1. The minimum absolute atomic E-state index is 0.0748. The first-order valence-corrected chi connectivity index (χ1v) is 8.18. The first-order valence-electron chi connectivity index (χ1n) is 5.59. The van der Waals surface area contributed by atoms with Crippen molar-refractivity contribution in [2.75, 3.05) is 5.75 Å². The van der Waals surface area contributed by atoms with E-state index < -0.39 is 21.1 Å². The lowest BCUT2D eigenvalue weighted by Crippen LogP contribution is -2.32. The van der Waals surface area contributed by atoms with Gasteiger partial charge in [0.2, 0.25) is 0 Å². The number of fused-ring (bicyclic) bond motifs is 1. The zero-order valence-corrected chi connectivity index (χ0v) is 11.5. The maximum Gasteiger partial charge on any atom is 0.321 e. The first-order chi connectivity index (χ1) is 8.40. The van der Waals surface area contributed by atoms with Crippen LogP contribution in [-0.4, -0.2) is 35.7 Å². The molecule has 0 fully saturated rings. The number of rotatable bonds is 4. The highest BCUT2D eigenvalue weighted by molar-refractivity contribution is 8.01. The molecule has 1 N–H and O–H groups in total. The molecule has 0 aliphatic carbocycles. The Balaban J connectivity index is 2.08. The van der Waals surface area contributed by atoms with Crippen LogP contribution in [0.15, 0.2) is 29.2 Å². The molecule has 0 saturated carbocycles. The molecular weight excluding hydrogens is 272 g/mol. The van der Waals surface area contributed by atoms with Crippen molar-refractivity contribution >= 4 is 27.6 Å². The molecule has 98 valence electrons. The van der Waals surface area contributed by atoms with Gasteiger partial charge in [-0.1, -0.05) is 18.2 Å². The van der Waals surface area contributed by atoms with Gasteiger partial charge in [-0.2, -0.15) is 0 Å².